The molecule has 108 valence electrons. The third kappa shape index (κ3) is 6.10. The molecule has 0 saturated carbocycles. The van der Waals surface area contributed by atoms with Gasteiger partial charge in [0.1, 0.15) is 0 Å². The molecule has 0 aliphatic rings. The fourth-order valence-electron chi connectivity index (χ4n) is 1.85. The maximum absolute atomic E-state index is 12.5. The Labute approximate surface area is 112 Å². The monoisotopic (exact) mass is 274 g/mol. The van der Waals surface area contributed by atoms with Crippen molar-refractivity contribution >= 4 is 0 Å². The molecule has 19 heavy (non-hydrogen) atoms. The maximum atomic E-state index is 12.5. The molecule has 0 saturated heterocycles. The molecule has 1 N–H and O–H groups in total. The first-order valence-corrected chi connectivity index (χ1v) is 6.42. The molecule has 0 spiro atoms. The number of benzene rings is 1. The Morgan fingerprint density at radius 3 is 2.32 bits per heavy atom. The summed E-state index contributed by atoms with van der Waals surface area (Å²) in [5, 5.41) is 9.88. The standard InChI is InChI=1S/C15H21F3O/c1-14(2,3)8-7-13(19)10-11-5-4-6-12(9-11)15(16,17)18/h4-6,9,13,19H,7-8,10H2,1-3H3. The van der Waals surface area contributed by atoms with Crippen molar-refractivity contribution in [2.24, 2.45) is 5.41 Å². The summed E-state index contributed by atoms with van der Waals surface area (Å²) in [7, 11) is 0. The lowest BCUT2D eigenvalue weighted by atomic mass is 9.88. The normalized spacial score (nSPS) is 14.5. The van der Waals surface area contributed by atoms with E-state index in [9.17, 15) is 18.3 Å². The minimum Gasteiger partial charge on any atom is -0.393 e. The molecule has 0 amide bonds. The quantitative estimate of drug-likeness (QED) is 0.860. The fourth-order valence-corrected chi connectivity index (χ4v) is 1.85. The van der Waals surface area contributed by atoms with E-state index in [0.717, 1.165) is 18.6 Å². The summed E-state index contributed by atoms with van der Waals surface area (Å²) in [6.07, 6.45) is -3.22. The van der Waals surface area contributed by atoms with Crippen molar-refractivity contribution in [2.75, 3.05) is 0 Å². The lowest BCUT2D eigenvalue weighted by molar-refractivity contribution is -0.137. The van der Waals surface area contributed by atoms with Crippen LogP contribution in [0.15, 0.2) is 24.3 Å². The SMILES string of the molecule is CC(C)(C)CCC(O)Cc1cccc(C(F)(F)F)c1. The van der Waals surface area contributed by atoms with Crippen LogP contribution in [-0.2, 0) is 12.6 Å². The molecule has 1 nitrogen and oxygen atoms in total. The van der Waals surface area contributed by atoms with E-state index in [4.69, 9.17) is 0 Å². The van der Waals surface area contributed by atoms with Gasteiger partial charge < -0.3 is 5.11 Å². The zero-order valence-corrected chi connectivity index (χ0v) is 11.6. The van der Waals surface area contributed by atoms with Gasteiger partial charge in [-0.05, 0) is 36.3 Å². The van der Waals surface area contributed by atoms with E-state index < -0.39 is 17.8 Å². The number of alkyl halides is 3. The van der Waals surface area contributed by atoms with Crippen LogP contribution in [-0.4, -0.2) is 11.2 Å². The van der Waals surface area contributed by atoms with Gasteiger partial charge in [0.25, 0.3) is 0 Å². The summed E-state index contributed by atoms with van der Waals surface area (Å²) in [5.74, 6) is 0. The Hall–Kier alpha value is -1.03. The fraction of sp³-hybridized carbons (Fsp3) is 0.600. The lowest BCUT2D eigenvalue weighted by Gasteiger charge is -2.20. The van der Waals surface area contributed by atoms with E-state index in [2.05, 4.69) is 20.8 Å². The van der Waals surface area contributed by atoms with Crippen LogP contribution in [0, 0.1) is 5.41 Å². The molecule has 0 radical (unpaired) electrons. The van der Waals surface area contributed by atoms with E-state index in [1.165, 1.54) is 6.07 Å². The average molecular weight is 274 g/mol. The summed E-state index contributed by atoms with van der Waals surface area (Å²) in [6.45, 7) is 6.22. The number of rotatable bonds is 4. The summed E-state index contributed by atoms with van der Waals surface area (Å²) in [5.41, 5.74) is -0.0151. The number of halogens is 3. The Kier molecular flexibility index (Phi) is 5.02. The number of hydrogen-bond donors (Lipinski definition) is 1. The van der Waals surface area contributed by atoms with Crippen LogP contribution in [0.2, 0.25) is 0 Å². The third-order valence-corrected chi connectivity index (χ3v) is 2.95. The van der Waals surface area contributed by atoms with E-state index in [1.54, 1.807) is 6.07 Å². The van der Waals surface area contributed by atoms with Crippen LogP contribution in [0.4, 0.5) is 13.2 Å². The number of hydrogen-bond acceptors (Lipinski definition) is 1. The van der Waals surface area contributed by atoms with Gasteiger partial charge in [-0.15, -0.1) is 0 Å². The minimum absolute atomic E-state index is 0.120. The van der Waals surface area contributed by atoms with Gasteiger partial charge in [-0.3, -0.25) is 0 Å². The van der Waals surface area contributed by atoms with E-state index in [-0.39, 0.29) is 11.8 Å². The van der Waals surface area contributed by atoms with Crippen molar-refractivity contribution in [1.82, 2.24) is 0 Å². The number of aliphatic hydroxyl groups is 1. The van der Waals surface area contributed by atoms with Gasteiger partial charge in [0.2, 0.25) is 0 Å². The molecule has 1 rings (SSSR count). The molecule has 0 fully saturated rings. The van der Waals surface area contributed by atoms with Gasteiger partial charge in [0.05, 0.1) is 11.7 Å². The Morgan fingerprint density at radius 2 is 1.79 bits per heavy atom. The highest BCUT2D eigenvalue weighted by Crippen LogP contribution is 2.30. The molecule has 0 aliphatic heterocycles. The third-order valence-electron chi connectivity index (χ3n) is 2.95. The summed E-state index contributed by atoms with van der Waals surface area (Å²) < 4.78 is 37.6. The van der Waals surface area contributed by atoms with Crippen LogP contribution in [0.3, 0.4) is 0 Å². The van der Waals surface area contributed by atoms with Gasteiger partial charge in [0, 0.05) is 0 Å². The molecule has 1 aromatic carbocycles. The molecule has 4 heteroatoms. The van der Waals surface area contributed by atoms with Crippen molar-refractivity contribution in [1.29, 1.82) is 0 Å². The van der Waals surface area contributed by atoms with Crippen molar-refractivity contribution in [3.8, 4) is 0 Å². The molecule has 1 unspecified atom stereocenters. The van der Waals surface area contributed by atoms with Crippen LogP contribution < -0.4 is 0 Å². The average Bonchev–Trinajstić information content (AvgIpc) is 2.25. The first-order valence-electron chi connectivity index (χ1n) is 6.42. The summed E-state index contributed by atoms with van der Waals surface area (Å²) in [6, 6.07) is 5.16. The molecular weight excluding hydrogens is 253 g/mol. The van der Waals surface area contributed by atoms with Crippen molar-refractivity contribution < 1.29 is 18.3 Å². The Bertz CT molecular complexity index is 405. The predicted octanol–water partition coefficient (Wildman–Crippen LogP) is 4.44. The van der Waals surface area contributed by atoms with E-state index in [0.29, 0.717) is 12.0 Å². The molecule has 0 aliphatic carbocycles. The second-order valence-corrected chi connectivity index (χ2v) is 6.16. The zero-order valence-electron chi connectivity index (χ0n) is 11.6. The topological polar surface area (TPSA) is 20.2 Å². The smallest absolute Gasteiger partial charge is 0.393 e. The Morgan fingerprint density at radius 1 is 1.16 bits per heavy atom. The van der Waals surface area contributed by atoms with Gasteiger partial charge in [0.15, 0.2) is 0 Å². The first-order chi connectivity index (χ1) is 8.58. The molecule has 0 aromatic heterocycles. The highest BCUT2D eigenvalue weighted by atomic mass is 19.4. The van der Waals surface area contributed by atoms with Crippen LogP contribution in [0.5, 0.6) is 0 Å². The molecular formula is C15H21F3O. The summed E-state index contributed by atoms with van der Waals surface area (Å²) in [4.78, 5) is 0. The second-order valence-electron chi connectivity index (χ2n) is 6.16. The first kappa shape index (κ1) is 16.0. The zero-order chi connectivity index (χ0) is 14.7. The van der Waals surface area contributed by atoms with E-state index in [1.807, 2.05) is 0 Å². The highest BCUT2D eigenvalue weighted by Gasteiger charge is 2.30. The van der Waals surface area contributed by atoms with Crippen LogP contribution in [0.25, 0.3) is 0 Å². The maximum Gasteiger partial charge on any atom is 0.416 e. The van der Waals surface area contributed by atoms with Crippen molar-refractivity contribution in [3.05, 3.63) is 35.4 Å². The minimum atomic E-state index is -4.33. The van der Waals surface area contributed by atoms with Crippen LogP contribution in [0.1, 0.15) is 44.7 Å². The van der Waals surface area contributed by atoms with Gasteiger partial charge in [-0.1, -0.05) is 39.0 Å². The predicted molar refractivity (Wildman–Crippen MR) is 69.8 cm³/mol. The molecule has 0 heterocycles. The van der Waals surface area contributed by atoms with Crippen molar-refractivity contribution in [2.45, 2.75) is 52.3 Å². The van der Waals surface area contributed by atoms with Gasteiger partial charge in [-0.2, -0.15) is 13.2 Å². The largest absolute Gasteiger partial charge is 0.416 e. The Balaban J connectivity index is 2.62. The molecule has 1 atom stereocenters. The second kappa shape index (κ2) is 5.95. The van der Waals surface area contributed by atoms with E-state index >= 15 is 0 Å². The molecule has 0 bridgehead atoms. The highest BCUT2D eigenvalue weighted by molar-refractivity contribution is 5.26. The lowest BCUT2D eigenvalue weighted by Crippen LogP contribution is -2.15. The number of aliphatic hydroxyl groups excluding tert-OH is 1. The molecule has 1 aromatic rings. The summed E-state index contributed by atoms with van der Waals surface area (Å²) >= 11 is 0. The van der Waals surface area contributed by atoms with Gasteiger partial charge in [-0.25, -0.2) is 0 Å². The van der Waals surface area contributed by atoms with Crippen LogP contribution >= 0.6 is 0 Å². The van der Waals surface area contributed by atoms with Crippen molar-refractivity contribution in [3.63, 3.8) is 0 Å². The van der Waals surface area contributed by atoms with Gasteiger partial charge >= 0.3 is 6.18 Å².